The second-order valence-electron chi connectivity index (χ2n) is 4.78. The van der Waals surface area contributed by atoms with Crippen LogP contribution in [0.4, 0.5) is 13.2 Å². The summed E-state index contributed by atoms with van der Waals surface area (Å²) in [6.45, 7) is 0.175. The van der Waals surface area contributed by atoms with Crippen molar-refractivity contribution in [2.24, 2.45) is 0 Å². The summed E-state index contributed by atoms with van der Waals surface area (Å²) in [5.74, 6) is -1.06. The molecule has 1 aromatic rings. The van der Waals surface area contributed by atoms with Crippen LogP contribution in [0, 0.1) is 0 Å². The third-order valence-corrected chi connectivity index (χ3v) is 3.08. The Balaban J connectivity index is 2.77. The summed E-state index contributed by atoms with van der Waals surface area (Å²) < 4.78 is 46.8. The van der Waals surface area contributed by atoms with E-state index in [0.29, 0.717) is 5.56 Å². The van der Waals surface area contributed by atoms with E-state index in [4.69, 9.17) is 4.74 Å². The number of hydrogen-bond acceptors (Lipinski definition) is 4. The number of halogens is 3. The van der Waals surface area contributed by atoms with E-state index in [0.717, 1.165) is 12.1 Å². The lowest BCUT2D eigenvalue weighted by molar-refractivity contribution is -0.145. The van der Waals surface area contributed by atoms with Crippen LogP contribution in [0.1, 0.15) is 11.1 Å². The number of carbonyl (C=O) groups is 2. The Hall–Kier alpha value is -2.35. The van der Waals surface area contributed by atoms with Gasteiger partial charge in [0.25, 0.3) is 0 Å². The predicted octanol–water partition coefficient (Wildman–Crippen LogP) is 2.37. The second-order valence-corrected chi connectivity index (χ2v) is 4.78. The zero-order valence-corrected chi connectivity index (χ0v) is 13.3. The van der Waals surface area contributed by atoms with E-state index in [1.807, 2.05) is 0 Å². The molecule has 0 saturated carbocycles. The van der Waals surface area contributed by atoms with Crippen LogP contribution in [0.3, 0.4) is 0 Å². The van der Waals surface area contributed by atoms with Gasteiger partial charge in [0.2, 0.25) is 5.91 Å². The number of benzene rings is 1. The van der Waals surface area contributed by atoms with Gasteiger partial charge in [-0.15, -0.1) is 0 Å². The monoisotopic (exact) mass is 345 g/mol. The molecule has 0 heterocycles. The first-order chi connectivity index (χ1) is 11.3. The molecule has 8 heteroatoms. The molecule has 0 fully saturated rings. The van der Waals surface area contributed by atoms with Gasteiger partial charge in [-0.05, 0) is 23.8 Å². The summed E-state index contributed by atoms with van der Waals surface area (Å²) in [5, 5.41) is 0. The Labute approximate surface area is 137 Å². The molecule has 0 aliphatic heterocycles. The van der Waals surface area contributed by atoms with Crippen LogP contribution in [0.15, 0.2) is 30.3 Å². The molecule has 1 rings (SSSR count). The molecule has 0 bridgehead atoms. The number of nitrogens with zero attached hydrogens (tertiary/aromatic N) is 1. The Morgan fingerprint density at radius 2 is 1.79 bits per heavy atom. The van der Waals surface area contributed by atoms with Crippen LogP contribution in [0.5, 0.6) is 0 Å². The number of carbonyl (C=O) groups excluding carboxylic acids is 2. The summed E-state index contributed by atoms with van der Waals surface area (Å²) >= 11 is 0. The van der Waals surface area contributed by atoms with E-state index in [-0.39, 0.29) is 19.7 Å². The number of ether oxygens (including phenoxy) is 2. The normalized spacial score (nSPS) is 11.5. The minimum absolute atomic E-state index is 0.182. The number of hydrogen-bond donors (Lipinski definition) is 0. The zero-order chi connectivity index (χ0) is 18.2. The first-order valence-electron chi connectivity index (χ1n) is 6.98. The van der Waals surface area contributed by atoms with E-state index in [1.54, 1.807) is 0 Å². The predicted molar refractivity (Wildman–Crippen MR) is 81.0 cm³/mol. The number of alkyl halides is 3. The van der Waals surface area contributed by atoms with Crippen molar-refractivity contribution in [2.75, 3.05) is 33.9 Å². The highest BCUT2D eigenvalue weighted by molar-refractivity contribution is 5.93. The van der Waals surface area contributed by atoms with Crippen LogP contribution >= 0.6 is 0 Å². The van der Waals surface area contributed by atoms with Gasteiger partial charge < -0.3 is 14.4 Å². The third-order valence-electron chi connectivity index (χ3n) is 3.08. The quantitative estimate of drug-likeness (QED) is 0.562. The van der Waals surface area contributed by atoms with Crippen molar-refractivity contribution in [3.63, 3.8) is 0 Å². The van der Waals surface area contributed by atoms with Gasteiger partial charge in [-0.1, -0.05) is 12.1 Å². The highest BCUT2D eigenvalue weighted by Crippen LogP contribution is 2.29. The first kappa shape index (κ1) is 19.7. The summed E-state index contributed by atoms with van der Waals surface area (Å²) in [6, 6.07) is 4.38. The highest BCUT2D eigenvalue weighted by atomic mass is 19.4. The van der Waals surface area contributed by atoms with E-state index < -0.39 is 23.6 Å². The Morgan fingerprint density at radius 1 is 1.17 bits per heavy atom. The topological polar surface area (TPSA) is 55.8 Å². The molecule has 5 nitrogen and oxygen atoms in total. The van der Waals surface area contributed by atoms with Crippen molar-refractivity contribution in [3.8, 4) is 0 Å². The van der Waals surface area contributed by atoms with Crippen molar-refractivity contribution >= 4 is 18.0 Å². The van der Waals surface area contributed by atoms with E-state index in [2.05, 4.69) is 4.74 Å². The maximum atomic E-state index is 12.5. The average Bonchev–Trinajstić information content (AvgIpc) is 2.55. The molecule has 0 aromatic heterocycles. The lowest BCUT2D eigenvalue weighted by Gasteiger charge is -2.19. The van der Waals surface area contributed by atoms with Crippen LogP contribution < -0.4 is 0 Å². The fourth-order valence-electron chi connectivity index (χ4n) is 1.75. The van der Waals surface area contributed by atoms with Crippen molar-refractivity contribution in [1.82, 2.24) is 4.90 Å². The van der Waals surface area contributed by atoms with E-state index in [9.17, 15) is 22.8 Å². The molecule has 0 N–H and O–H groups in total. The average molecular weight is 345 g/mol. The molecule has 0 unspecified atom stereocenters. The van der Waals surface area contributed by atoms with Gasteiger partial charge in [0.05, 0.1) is 19.3 Å². The summed E-state index contributed by atoms with van der Waals surface area (Å²) in [4.78, 5) is 24.6. The Morgan fingerprint density at radius 3 is 2.29 bits per heavy atom. The molecule has 132 valence electrons. The standard InChI is InChI=1S/C16H18F3NO4/c1-23-10-9-20(11-15(22)24-2)14(21)8-5-12-3-6-13(7-4-12)16(17,18)19/h3-8H,9-11H2,1-2H3. The number of rotatable bonds is 7. The van der Waals surface area contributed by atoms with Gasteiger partial charge in [0.1, 0.15) is 6.54 Å². The molecule has 0 saturated heterocycles. The third kappa shape index (κ3) is 6.41. The smallest absolute Gasteiger partial charge is 0.416 e. The fraction of sp³-hybridized carbons (Fsp3) is 0.375. The number of amides is 1. The van der Waals surface area contributed by atoms with Crippen LogP contribution in [0.25, 0.3) is 6.08 Å². The number of esters is 1. The summed E-state index contributed by atoms with van der Waals surface area (Å²) in [6.07, 6.45) is -1.85. The van der Waals surface area contributed by atoms with Crippen molar-refractivity contribution in [2.45, 2.75) is 6.18 Å². The van der Waals surface area contributed by atoms with E-state index in [1.165, 1.54) is 43.4 Å². The van der Waals surface area contributed by atoms with Crippen LogP contribution in [0.2, 0.25) is 0 Å². The number of methoxy groups -OCH3 is 2. The van der Waals surface area contributed by atoms with Gasteiger partial charge >= 0.3 is 12.1 Å². The second kappa shape index (κ2) is 9.07. The summed E-state index contributed by atoms with van der Waals surface area (Å²) in [7, 11) is 2.66. The molecule has 0 atom stereocenters. The molecule has 0 aliphatic carbocycles. The molecule has 0 aliphatic rings. The fourth-order valence-corrected chi connectivity index (χ4v) is 1.75. The molecule has 0 radical (unpaired) electrons. The SMILES string of the molecule is COCCN(CC(=O)OC)C(=O)C=Cc1ccc(C(F)(F)F)cc1. The minimum atomic E-state index is -4.41. The Bertz CT molecular complexity index is 582. The van der Waals surface area contributed by atoms with E-state index >= 15 is 0 Å². The molecule has 24 heavy (non-hydrogen) atoms. The largest absolute Gasteiger partial charge is 0.468 e. The van der Waals surface area contributed by atoms with Gasteiger partial charge in [0, 0.05) is 19.7 Å². The highest BCUT2D eigenvalue weighted by Gasteiger charge is 2.29. The molecule has 1 amide bonds. The minimum Gasteiger partial charge on any atom is -0.468 e. The maximum Gasteiger partial charge on any atom is 0.416 e. The first-order valence-corrected chi connectivity index (χ1v) is 6.98. The van der Waals surface area contributed by atoms with Crippen molar-refractivity contribution in [3.05, 3.63) is 41.5 Å². The molecular weight excluding hydrogens is 327 g/mol. The molecular formula is C16H18F3NO4. The van der Waals surface area contributed by atoms with Crippen LogP contribution in [-0.2, 0) is 25.2 Å². The van der Waals surface area contributed by atoms with Gasteiger partial charge in [-0.3, -0.25) is 9.59 Å². The van der Waals surface area contributed by atoms with Gasteiger partial charge in [0.15, 0.2) is 0 Å². The van der Waals surface area contributed by atoms with Crippen molar-refractivity contribution < 1.29 is 32.2 Å². The van der Waals surface area contributed by atoms with Gasteiger partial charge in [-0.25, -0.2) is 0 Å². The summed E-state index contributed by atoms with van der Waals surface area (Å²) in [5.41, 5.74) is -0.334. The van der Waals surface area contributed by atoms with Gasteiger partial charge in [-0.2, -0.15) is 13.2 Å². The molecule has 1 aromatic carbocycles. The maximum absolute atomic E-state index is 12.5. The zero-order valence-electron chi connectivity index (χ0n) is 13.3. The van der Waals surface area contributed by atoms with Crippen LogP contribution in [-0.4, -0.2) is 50.7 Å². The molecule has 0 spiro atoms. The Kier molecular flexibility index (Phi) is 7.44. The lowest BCUT2D eigenvalue weighted by atomic mass is 10.1. The van der Waals surface area contributed by atoms with Crippen molar-refractivity contribution in [1.29, 1.82) is 0 Å². The lowest BCUT2D eigenvalue weighted by Crippen LogP contribution is -2.37.